The van der Waals surface area contributed by atoms with Crippen LogP contribution in [-0.2, 0) is 17.9 Å². The summed E-state index contributed by atoms with van der Waals surface area (Å²) in [5.41, 5.74) is 1.98. The molecule has 1 fully saturated rings. The number of carbonyl (C=O) groups excluding carboxylic acids is 1. The van der Waals surface area contributed by atoms with Gasteiger partial charge in [0.1, 0.15) is 0 Å². The maximum Gasteiger partial charge on any atom is 0.251 e. The zero-order valence-electron chi connectivity index (χ0n) is 14.4. The minimum Gasteiger partial charge on any atom is -0.286 e. The summed E-state index contributed by atoms with van der Waals surface area (Å²) in [5, 5.41) is 13.2. The number of aryl methyl sites for hydroxylation is 2. The molecule has 7 heteroatoms. The Kier molecular flexibility index (Phi) is 4.78. The summed E-state index contributed by atoms with van der Waals surface area (Å²) in [4.78, 5) is 15.4. The van der Waals surface area contributed by atoms with Crippen LogP contribution in [0.4, 0.5) is 5.82 Å². The third-order valence-electron chi connectivity index (χ3n) is 4.57. The van der Waals surface area contributed by atoms with Gasteiger partial charge in [-0.25, -0.2) is 0 Å². The van der Waals surface area contributed by atoms with Gasteiger partial charge in [-0.05, 0) is 32.8 Å². The molecule has 1 saturated carbocycles. The molecular weight excluding hydrogens is 304 g/mol. The van der Waals surface area contributed by atoms with Crippen LogP contribution in [0.5, 0.6) is 0 Å². The second kappa shape index (κ2) is 6.98. The molecule has 0 saturated heterocycles. The van der Waals surface area contributed by atoms with Gasteiger partial charge in [-0.2, -0.15) is 15.0 Å². The molecule has 1 aliphatic carbocycles. The van der Waals surface area contributed by atoms with Crippen molar-refractivity contribution in [3.05, 3.63) is 36.3 Å². The van der Waals surface area contributed by atoms with E-state index in [1.54, 1.807) is 15.9 Å². The lowest BCUT2D eigenvalue weighted by Gasteiger charge is -2.17. The van der Waals surface area contributed by atoms with Crippen molar-refractivity contribution >= 4 is 11.7 Å². The summed E-state index contributed by atoms with van der Waals surface area (Å²) in [7, 11) is 0. The van der Waals surface area contributed by atoms with E-state index in [0.29, 0.717) is 24.9 Å². The molecule has 0 aliphatic heterocycles. The molecule has 1 amide bonds. The van der Waals surface area contributed by atoms with Crippen molar-refractivity contribution in [3.8, 4) is 0 Å². The van der Waals surface area contributed by atoms with Gasteiger partial charge in [0.2, 0.25) is 0 Å². The molecule has 0 bridgehead atoms. The van der Waals surface area contributed by atoms with Crippen LogP contribution in [0.2, 0.25) is 0 Å². The highest BCUT2D eigenvalue weighted by molar-refractivity contribution is 6.00. The van der Waals surface area contributed by atoms with E-state index in [9.17, 15) is 4.79 Å². The lowest BCUT2D eigenvalue weighted by Crippen LogP contribution is -2.29. The first-order valence-corrected chi connectivity index (χ1v) is 8.51. The summed E-state index contributed by atoms with van der Waals surface area (Å²) >= 11 is 0. The van der Waals surface area contributed by atoms with Gasteiger partial charge in [0.05, 0.1) is 31.0 Å². The molecule has 2 aromatic heterocycles. The predicted octanol–water partition coefficient (Wildman–Crippen LogP) is 2.64. The van der Waals surface area contributed by atoms with E-state index in [1.807, 2.05) is 13.8 Å². The Labute approximate surface area is 141 Å². The highest BCUT2D eigenvalue weighted by atomic mass is 16.2. The van der Waals surface area contributed by atoms with Crippen molar-refractivity contribution in [2.24, 2.45) is 0 Å². The van der Waals surface area contributed by atoms with Crippen LogP contribution in [-0.4, -0.2) is 30.7 Å². The lowest BCUT2D eigenvalue weighted by atomic mass is 10.2. The van der Waals surface area contributed by atoms with Gasteiger partial charge in [-0.15, -0.1) is 5.10 Å². The molecule has 3 rings (SSSR count). The van der Waals surface area contributed by atoms with Crippen LogP contribution in [0.3, 0.4) is 0 Å². The van der Waals surface area contributed by atoms with Crippen LogP contribution in [0, 0.1) is 6.92 Å². The Balaban J connectivity index is 1.84. The van der Waals surface area contributed by atoms with Crippen LogP contribution in [0.25, 0.3) is 0 Å². The quantitative estimate of drug-likeness (QED) is 0.765. The molecule has 7 nitrogen and oxygen atoms in total. The minimum atomic E-state index is -0.189. The lowest BCUT2D eigenvalue weighted by molar-refractivity contribution is -0.114. The number of carbonyl (C=O) groups is 1. The molecule has 0 N–H and O–H groups in total. The first kappa shape index (κ1) is 16.4. The molecule has 0 unspecified atom stereocenters. The molecule has 0 radical (unpaired) electrons. The summed E-state index contributed by atoms with van der Waals surface area (Å²) in [6.07, 6.45) is 9.88. The second-order valence-corrected chi connectivity index (χ2v) is 6.18. The maximum absolute atomic E-state index is 12.3. The number of nitrogens with zero attached hydrogens (tertiary/aromatic N) is 6. The number of hydrogen-bond donors (Lipinski definition) is 0. The van der Waals surface area contributed by atoms with Gasteiger partial charge in [0.25, 0.3) is 5.91 Å². The third kappa shape index (κ3) is 3.25. The summed E-state index contributed by atoms with van der Waals surface area (Å²) in [5.74, 6) is 0.348. The van der Waals surface area contributed by atoms with E-state index in [0.717, 1.165) is 11.3 Å². The van der Waals surface area contributed by atoms with Crippen molar-refractivity contribution in [2.75, 3.05) is 4.90 Å². The molecule has 0 atom stereocenters. The number of aromatic nitrogens is 5. The molecule has 0 spiro atoms. The van der Waals surface area contributed by atoms with Crippen molar-refractivity contribution in [3.63, 3.8) is 0 Å². The van der Waals surface area contributed by atoms with Gasteiger partial charge in [0, 0.05) is 11.8 Å². The molecule has 2 heterocycles. The van der Waals surface area contributed by atoms with Gasteiger partial charge in [0.15, 0.2) is 5.82 Å². The summed E-state index contributed by atoms with van der Waals surface area (Å²) < 4.78 is 2.07. The highest BCUT2D eigenvalue weighted by Gasteiger charge is 2.22. The zero-order valence-corrected chi connectivity index (χ0v) is 14.4. The Morgan fingerprint density at radius 1 is 1.42 bits per heavy atom. The van der Waals surface area contributed by atoms with Crippen LogP contribution < -0.4 is 4.90 Å². The van der Waals surface area contributed by atoms with Crippen molar-refractivity contribution in [1.82, 2.24) is 24.8 Å². The Hall–Kier alpha value is -2.44. The summed E-state index contributed by atoms with van der Waals surface area (Å²) in [6, 6.07) is 0.488. The monoisotopic (exact) mass is 328 g/mol. The van der Waals surface area contributed by atoms with E-state index in [4.69, 9.17) is 0 Å². The molecule has 24 heavy (non-hydrogen) atoms. The van der Waals surface area contributed by atoms with Crippen LogP contribution in [0.1, 0.15) is 49.9 Å². The SMILES string of the molecule is C=CC(=O)N(Cc1cn(C2CCCC2)nc1C)c1cnn(CC)n1. The predicted molar refractivity (Wildman–Crippen MR) is 91.6 cm³/mol. The second-order valence-electron chi connectivity index (χ2n) is 6.18. The number of rotatable bonds is 6. The first-order valence-electron chi connectivity index (χ1n) is 8.51. The van der Waals surface area contributed by atoms with Crippen molar-refractivity contribution < 1.29 is 4.79 Å². The fourth-order valence-electron chi connectivity index (χ4n) is 3.15. The van der Waals surface area contributed by atoms with Gasteiger partial charge < -0.3 is 0 Å². The van der Waals surface area contributed by atoms with Crippen LogP contribution >= 0.6 is 0 Å². The first-order chi connectivity index (χ1) is 11.6. The van der Waals surface area contributed by atoms with Gasteiger partial charge >= 0.3 is 0 Å². The van der Waals surface area contributed by atoms with E-state index >= 15 is 0 Å². The fraction of sp³-hybridized carbons (Fsp3) is 0.529. The van der Waals surface area contributed by atoms with Gasteiger partial charge in [-0.1, -0.05) is 19.4 Å². The Morgan fingerprint density at radius 3 is 2.79 bits per heavy atom. The summed E-state index contributed by atoms with van der Waals surface area (Å²) in [6.45, 7) is 8.63. The topological polar surface area (TPSA) is 68.8 Å². The highest BCUT2D eigenvalue weighted by Crippen LogP contribution is 2.29. The average molecular weight is 328 g/mol. The van der Waals surface area contributed by atoms with Gasteiger partial charge in [-0.3, -0.25) is 14.4 Å². The molecule has 1 aliphatic rings. The van der Waals surface area contributed by atoms with E-state index in [-0.39, 0.29) is 5.91 Å². The fourth-order valence-corrected chi connectivity index (χ4v) is 3.15. The molecule has 0 aromatic carbocycles. The minimum absolute atomic E-state index is 0.189. The normalized spacial score (nSPS) is 14.9. The van der Waals surface area contributed by atoms with Crippen LogP contribution in [0.15, 0.2) is 25.0 Å². The molecule has 128 valence electrons. The van der Waals surface area contributed by atoms with E-state index < -0.39 is 0 Å². The maximum atomic E-state index is 12.3. The molecular formula is C17H24N6O. The zero-order chi connectivity index (χ0) is 17.1. The third-order valence-corrected chi connectivity index (χ3v) is 4.57. The largest absolute Gasteiger partial charge is 0.286 e. The van der Waals surface area contributed by atoms with E-state index in [1.165, 1.54) is 31.8 Å². The Bertz CT molecular complexity index is 725. The number of anilines is 1. The Morgan fingerprint density at radius 2 is 2.17 bits per heavy atom. The smallest absolute Gasteiger partial charge is 0.251 e. The van der Waals surface area contributed by atoms with Crippen molar-refractivity contribution in [1.29, 1.82) is 0 Å². The average Bonchev–Trinajstić information content (AvgIpc) is 3.32. The van der Waals surface area contributed by atoms with Crippen molar-refractivity contribution in [2.45, 2.75) is 58.7 Å². The number of hydrogen-bond acceptors (Lipinski definition) is 4. The standard InChI is InChI=1S/C17H24N6O/c1-4-17(24)21(16-10-18-23(5-2)20-16)11-14-12-22(19-13(14)3)15-8-6-7-9-15/h4,10,12,15H,1,5-9,11H2,2-3H3. The molecule has 2 aromatic rings. The van der Waals surface area contributed by atoms with E-state index in [2.05, 4.69) is 32.8 Å². The number of amides is 1.